The average molecular weight is 365 g/mol. The first-order valence-corrected chi connectivity index (χ1v) is 9.17. The highest BCUT2D eigenvalue weighted by Gasteiger charge is 2.26. The number of fused-ring (bicyclic) bond motifs is 1. The molecule has 0 saturated carbocycles. The maximum absolute atomic E-state index is 11.2. The van der Waals surface area contributed by atoms with Crippen molar-refractivity contribution in [2.24, 2.45) is 0 Å². The molecule has 1 aromatic heterocycles. The van der Waals surface area contributed by atoms with Crippen LogP contribution in [0.15, 0.2) is 65.8 Å². The lowest BCUT2D eigenvalue weighted by atomic mass is 10.0. The van der Waals surface area contributed by atoms with Crippen LogP contribution in [0.4, 0.5) is 11.6 Å². The number of benzene rings is 2. The lowest BCUT2D eigenvalue weighted by Gasteiger charge is -2.24. The largest absolute Gasteiger partial charge is 0.324 e. The summed E-state index contributed by atoms with van der Waals surface area (Å²) < 4.78 is 1.76. The van der Waals surface area contributed by atoms with Crippen molar-refractivity contribution in [2.45, 2.75) is 11.2 Å². The van der Waals surface area contributed by atoms with Gasteiger partial charge in [0.1, 0.15) is 6.04 Å². The second-order valence-electron chi connectivity index (χ2n) is 5.73. The van der Waals surface area contributed by atoms with E-state index in [-0.39, 0.29) is 16.7 Å². The number of hydrogen-bond donors (Lipinski definition) is 1. The predicted molar refractivity (Wildman–Crippen MR) is 101 cm³/mol. The molecule has 1 N–H and O–H groups in total. The van der Waals surface area contributed by atoms with Crippen LogP contribution in [-0.4, -0.2) is 25.9 Å². The van der Waals surface area contributed by atoms with Crippen molar-refractivity contribution in [1.82, 2.24) is 14.8 Å². The molecule has 0 amide bonds. The Kier molecular flexibility index (Phi) is 4.18. The minimum absolute atomic E-state index is 0.0578. The molecule has 1 atom stereocenters. The van der Waals surface area contributed by atoms with Crippen molar-refractivity contribution in [3.8, 4) is 0 Å². The molecule has 0 bridgehead atoms. The monoisotopic (exact) mass is 365 g/mol. The fourth-order valence-corrected chi connectivity index (χ4v) is 3.25. The summed E-state index contributed by atoms with van der Waals surface area (Å²) in [6, 6.07) is 16.2. The third-order valence-electron chi connectivity index (χ3n) is 4.14. The van der Waals surface area contributed by atoms with Crippen LogP contribution in [-0.2, 0) is 0 Å². The van der Waals surface area contributed by atoms with Crippen LogP contribution in [0.1, 0.15) is 17.2 Å². The minimum Gasteiger partial charge on any atom is -0.324 e. The molecular weight excluding hydrogens is 350 g/mol. The van der Waals surface area contributed by atoms with Crippen LogP contribution in [0, 0.1) is 10.1 Å². The maximum atomic E-state index is 11.2. The van der Waals surface area contributed by atoms with E-state index in [4.69, 9.17) is 0 Å². The van der Waals surface area contributed by atoms with E-state index in [1.165, 1.54) is 17.8 Å². The van der Waals surface area contributed by atoms with E-state index in [1.54, 1.807) is 16.8 Å². The molecule has 0 unspecified atom stereocenters. The molecule has 0 saturated heterocycles. The Morgan fingerprint density at radius 1 is 1.19 bits per heavy atom. The Balaban J connectivity index is 1.84. The highest BCUT2D eigenvalue weighted by atomic mass is 32.2. The molecule has 7 nitrogen and oxygen atoms in total. The molecule has 2 heterocycles. The summed E-state index contributed by atoms with van der Waals surface area (Å²) in [5.74, 6) is 0.618. The number of nitro benzene ring substituents is 1. The van der Waals surface area contributed by atoms with Gasteiger partial charge in [-0.1, -0.05) is 54.2 Å². The fourth-order valence-electron chi connectivity index (χ4n) is 2.91. The predicted octanol–water partition coefficient (Wildman–Crippen LogP) is 3.96. The second kappa shape index (κ2) is 6.64. The van der Waals surface area contributed by atoms with Crippen molar-refractivity contribution < 1.29 is 4.92 Å². The number of nitrogens with zero attached hydrogens (tertiary/aromatic N) is 4. The van der Waals surface area contributed by atoms with Crippen LogP contribution in [0.2, 0.25) is 0 Å². The van der Waals surface area contributed by atoms with Crippen molar-refractivity contribution in [2.75, 3.05) is 11.6 Å². The number of nitrogens with one attached hydrogen (secondary N) is 1. The third-order valence-corrected chi connectivity index (χ3v) is 4.67. The molecule has 26 heavy (non-hydrogen) atoms. The summed E-state index contributed by atoms with van der Waals surface area (Å²) in [5, 5.41) is 19.6. The Hall–Kier alpha value is -3.13. The zero-order valence-electron chi connectivity index (χ0n) is 13.9. The molecular formula is C18H15N5O2S. The van der Waals surface area contributed by atoms with E-state index in [0.29, 0.717) is 11.1 Å². The molecule has 0 spiro atoms. The zero-order chi connectivity index (χ0) is 18.1. The van der Waals surface area contributed by atoms with Crippen LogP contribution < -0.4 is 5.32 Å². The van der Waals surface area contributed by atoms with Crippen molar-refractivity contribution in [3.63, 3.8) is 0 Å². The van der Waals surface area contributed by atoms with Crippen molar-refractivity contribution in [3.05, 3.63) is 81.9 Å². The van der Waals surface area contributed by atoms with Crippen LogP contribution in [0.3, 0.4) is 0 Å². The summed E-state index contributed by atoms with van der Waals surface area (Å²) in [6.07, 6.45) is 3.93. The Bertz CT molecular complexity index is 1000. The van der Waals surface area contributed by atoms with Crippen LogP contribution in [0.5, 0.6) is 0 Å². The van der Waals surface area contributed by atoms with Gasteiger partial charge in [0.05, 0.1) is 4.92 Å². The number of allylic oxidation sites excluding steroid dienone is 1. The molecule has 1 aliphatic rings. The number of hydrogen-bond acceptors (Lipinski definition) is 6. The Labute approximate surface area is 153 Å². The topological polar surface area (TPSA) is 85.9 Å². The Morgan fingerprint density at radius 2 is 2.00 bits per heavy atom. The lowest BCUT2D eigenvalue weighted by molar-refractivity contribution is -0.384. The highest BCUT2D eigenvalue weighted by molar-refractivity contribution is 7.98. The number of non-ortho nitro benzene ring substituents is 1. The molecule has 0 radical (unpaired) electrons. The van der Waals surface area contributed by atoms with Gasteiger partial charge in [0.25, 0.3) is 5.69 Å². The number of anilines is 1. The third kappa shape index (κ3) is 2.95. The van der Waals surface area contributed by atoms with Crippen molar-refractivity contribution in [1.29, 1.82) is 0 Å². The van der Waals surface area contributed by atoms with Crippen LogP contribution in [0.25, 0.3) is 5.70 Å². The summed E-state index contributed by atoms with van der Waals surface area (Å²) in [6.45, 7) is 0. The van der Waals surface area contributed by atoms with Gasteiger partial charge in [0, 0.05) is 17.8 Å². The van der Waals surface area contributed by atoms with Gasteiger partial charge in [0.2, 0.25) is 11.1 Å². The van der Waals surface area contributed by atoms with Gasteiger partial charge in [-0.3, -0.25) is 10.1 Å². The first-order valence-electron chi connectivity index (χ1n) is 7.95. The SMILES string of the molecule is CSc1nc2n(n1)[C@H](c1cccc([N+](=O)[O-])c1)C=C(c1ccccc1)N2. The molecule has 8 heteroatoms. The van der Waals surface area contributed by atoms with E-state index < -0.39 is 0 Å². The summed E-state index contributed by atoms with van der Waals surface area (Å²) in [4.78, 5) is 15.3. The molecule has 0 fully saturated rings. The number of thioether (sulfide) groups is 1. The molecule has 3 aromatic rings. The smallest absolute Gasteiger partial charge is 0.269 e. The summed E-state index contributed by atoms with van der Waals surface area (Å²) in [5.41, 5.74) is 2.76. The highest BCUT2D eigenvalue weighted by Crippen LogP contribution is 2.34. The van der Waals surface area contributed by atoms with E-state index in [9.17, 15) is 10.1 Å². The molecule has 2 aromatic carbocycles. The number of aromatic nitrogens is 3. The summed E-state index contributed by atoms with van der Waals surface area (Å²) >= 11 is 1.45. The zero-order valence-corrected chi connectivity index (χ0v) is 14.7. The first-order chi connectivity index (χ1) is 12.7. The van der Waals surface area contributed by atoms with E-state index in [1.807, 2.05) is 48.7 Å². The quantitative estimate of drug-likeness (QED) is 0.428. The van der Waals surface area contributed by atoms with Gasteiger partial charge in [-0.05, 0) is 23.5 Å². The second-order valence-corrected chi connectivity index (χ2v) is 6.51. The summed E-state index contributed by atoms with van der Waals surface area (Å²) in [7, 11) is 0. The van der Waals surface area contributed by atoms with Gasteiger partial charge in [-0.25, -0.2) is 4.68 Å². The Morgan fingerprint density at radius 3 is 2.73 bits per heavy atom. The fraction of sp³-hybridized carbons (Fsp3) is 0.111. The van der Waals surface area contributed by atoms with E-state index in [2.05, 4.69) is 15.4 Å². The van der Waals surface area contributed by atoms with E-state index >= 15 is 0 Å². The normalized spacial score (nSPS) is 15.7. The number of rotatable bonds is 4. The molecule has 0 aliphatic carbocycles. The standard InChI is InChI=1S/C18H15N5O2S/c1-26-18-20-17-19-15(12-6-3-2-4-7-12)11-16(22(17)21-18)13-8-5-9-14(10-13)23(24)25/h2-11,16H,1H3,(H,19,20,21)/t16-/m0/s1. The first kappa shape index (κ1) is 16.3. The van der Waals surface area contributed by atoms with Gasteiger partial charge >= 0.3 is 0 Å². The maximum Gasteiger partial charge on any atom is 0.269 e. The molecule has 130 valence electrons. The molecule has 1 aliphatic heterocycles. The van der Waals surface area contributed by atoms with E-state index in [0.717, 1.165) is 16.8 Å². The number of nitro groups is 1. The average Bonchev–Trinajstić information content (AvgIpc) is 3.11. The molecule has 4 rings (SSSR count). The van der Waals surface area contributed by atoms with Crippen molar-refractivity contribution >= 4 is 29.1 Å². The van der Waals surface area contributed by atoms with Gasteiger partial charge in [-0.15, -0.1) is 5.10 Å². The van der Waals surface area contributed by atoms with Gasteiger partial charge in [-0.2, -0.15) is 4.98 Å². The van der Waals surface area contributed by atoms with Gasteiger partial charge in [0.15, 0.2) is 0 Å². The lowest BCUT2D eigenvalue weighted by Crippen LogP contribution is -2.20. The van der Waals surface area contributed by atoms with Crippen LogP contribution >= 0.6 is 11.8 Å². The minimum atomic E-state index is -0.387. The van der Waals surface area contributed by atoms with Gasteiger partial charge < -0.3 is 5.32 Å².